The first-order valence-corrected chi connectivity index (χ1v) is 9.34. The Labute approximate surface area is 170 Å². The van der Waals surface area contributed by atoms with E-state index in [0.717, 1.165) is 29.6 Å². The molecule has 154 valence electrons. The topological polar surface area (TPSA) is 62.2 Å². The van der Waals surface area contributed by atoms with Gasteiger partial charge in [0.1, 0.15) is 18.2 Å². The molecule has 0 unspecified atom stereocenters. The first-order valence-electron chi connectivity index (χ1n) is 9.34. The average molecular weight is 398 g/mol. The summed E-state index contributed by atoms with van der Waals surface area (Å²) in [5, 5.41) is 1.15. The molecule has 0 bridgehead atoms. The number of ether oxygens (including phenoxy) is 4. The monoisotopic (exact) mass is 398 g/mol. The maximum atomic E-state index is 11.7. The molecule has 0 saturated carbocycles. The molecular weight excluding hydrogens is 372 g/mol. The van der Waals surface area contributed by atoms with E-state index in [0.29, 0.717) is 5.75 Å². The summed E-state index contributed by atoms with van der Waals surface area (Å²) < 4.78 is 22.9. The summed E-state index contributed by atoms with van der Waals surface area (Å²) in [7, 11) is 5.75. The van der Waals surface area contributed by atoms with E-state index < -0.39 is 6.16 Å². The number of hydrogen-bond acceptors (Lipinski definition) is 6. The van der Waals surface area contributed by atoms with E-state index in [4.69, 9.17) is 18.9 Å². The van der Waals surface area contributed by atoms with Gasteiger partial charge in [0.2, 0.25) is 0 Å². The van der Waals surface area contributed by atoms with Crippen molar-refractivity contribution in [3.8, 4) is 11.5 Å². The van der Waals surface area contributed by atoms with Gasteiger partial charge in [0.15, 0.2) is 6.79 Å². The highest BCUT2D eigenvalue weighted by molar-refractivity contribution is 5.85. The van der Waals surface area contributed by atoms with Crippen molar-refractivity contribution in [3.05, 3.63) is 60.3 Å². The molecule has 3 rings (SSSR count). The van der Waals surface area contributed by atoms with Gasteiger partial charge in [-0.25, -0.2) is 4.79 Å². The lowest BCUT2D eigenvalue weighted by Crippen LogP contribution is -2.15. The van der Waals surface area contributed by atoms with Crippen LogP contribution in [0.3, 0.4) is 0 Å². The zero-order chi connectivity index (χ0) is 20.6. The van der Waals surface area contributed by atoms with Crippen LogP contribution < -0.4 is 9.47 Å². The summed E-state index contributed by atoms with van der Waals surface area (Å²) in [5.41, 5.74) is 2.23. The third-order valence-electron chi connectivity index (χ3n) is 4.44. The Bertz CT molecular complexity index is 937. The molecule has 7 heteroatoms. The van der Waals surface area contributed by atoms with Crippen molar-refractivity contribution in [2.45, 2.75) is 13.2 Å². The predicted octanol–water partition coefficient (Wildman–Crippen LogP) is 3.90. The summed E-state index contributed by atoms with van der Waals surface area (Å²) in [6.45, 7) is 0.979. The molecule has 0 aliphatic heterocycles. The quantitative estimate of drug-likeness (QED) is 0.236. The van der Waals surface area contributed by atoms with Gasteiger partial charge in [0.25, 0.3) is 0 Å². The summed E-state index contributed by atoms with van der Waals surface area (Å²) in [5.74, 6) is 1.20. The number of nitrogens with zero attached hydrogens (tertiary/aromatic N) is 2. The number of carbonyl (C=O) groups is 1. The van der Waals surface area contributed by atoms with E-state index >= 15 is 0 Å². The largest absolute Gasteiger partial charge is 0.515 e. The first kappa shape index (κ1) is 20.7. The fourth-order valence-electron chi connectivity index (χ4n) is 2.96. The molecule has 0 amide bonds. The lowest BCUT2D eigenvalue weighted by Gasteiger charge is -2.09. The number of para-hydroxylation sites is 1. The van der Waals surface area contributed by atoms with Crippen molar-refractivity contribution in [1.82, 2.24) is 9.47 Å². The number of aromatic nitrogens is 1. The van der Waals surface area contributed by atoms with Gasteiger partial charge >= 0.3 is 6.16 Å². The highest BCUT2D eigenvalue weighted by Crippen LogP contribution is 2.26. The molecule has 2 aromatic carbocycles. The van der Waals surface area contributed by atoms with Gasteiger partial charge in [0, 0.05) is 24.2 Å². The van der Waals surface area contributed by atoms with E-state index in [9.17, 15) is 4.79 Å². The highest BCUT2D eigenvalue weighted by Gasteiger charge is 2.11. The van der Waals surface area contributed by atoms with Gasteiger partial charge in [-0.2, -0.15) is 0 Å². The van der Waals surface area contributed by atoms with Crippen LogP contribution in [-0.2, 0) is 22.6 Å². The minimum atomic E-state index is -0.804. The molecule has 0 aliphatic rings. The molecule has 0 radical (unpaired) electrons. The molecular formula is C22H26N2O5. The zero-order valence-electron chi connectivity index (χ0n) is 17.0. The van der Waals surface area contributed by atoms with Gasteiger partial charge in [-0.05, 0) is 50.3 Å². The third-order valence-corrected chi connectivity index (χ3v) is 4.44. The number of hydrogen-bond donors (Lipinski definition) is 0. The Morgan fingerprint density at radius 2 is 1.86 bits per heavy atom. The maximum absolute atomic E-state index is 11.7. The number of carbonyl (C=O) groups excluding carboxylic acids is 1. The second-order valence-electron chi connectivity index (χ2n) is 6.82. The molecule has 1 aromatic heterocycles. The summed E-state index contributed by atoms with van der Waals surface area (Å²) >= 11 is 0. The van der Waals surface area contributed by atoms with Crippen LogP contribution in [0.2, 0.25) is 0 Å². The normalized spacial score (nSPS) is 11.0. The number of rotatable bonds is 9. The average Bonchev–Trinajstić information content (AvgIpc) is 3.07. The fourth-order valence-corrected chi connectivity index (χ4v) is 2.96. The Kier molecular flexibility index (Phi) is 7.10. The van der Waals surface area contributed by atoms with Crippen molar-refractivity contribution in [1.29, 1.82) is 0 Å². The Balaban J connectivity index is 1.60. The minimum absolute atomic E-state index is 0.206. The zero-order valence-corrected chi connectivity index (χ0v) is 17.0. The SMILES string of the molecule is COc1ccc2c(CCN(C)C)cn(COCOC(=O)Oc3ccccc3)c2c1. The van der Waals surface area contributed by atoms with Gasteiger partial charge in [-0.15, -0.1) is 0 Å². The van der Waals surface area contributed by atoms with Crippen molar-refractivity contribution in [2.24, 2.45) is 0 Å². The second-order valence-corrected chi connectivity index (χ2v) is 6.82. The molecule has 0 N–H and O–H groups in total. The van der Waals surface area contributed by atoms with Gasteiger partial charge in [-0.1, -0.05) is 18.2 Å². The number of likely N-dealkylation sites (N-methyl/N-ethyl adjacent to an activating group) is 1. The predicted molar refractivity (Wildman–Crippen MR) is 110 cm³/mol. The van der Waals surface area contributed by atoms with Crippen LogP contribution >= 0.6 is 0 Å². The van der Waals surface area contributed by atoms with E-state index in [1.807, 2.05) is 22.8 Å². The Hall–Kier alpha value is -3.03. The summed E-state index contributed by atoms with van der Waals surface area (Å²) in [6.07, 6.45) is 2.18. The van der Waals surface area contributed by atoms with Crippen molar-refractivity contribution >= 4 is 17.1 Å². The molecule has 0 atom stereocenters. The van der Waals surface area contributed by atoms with Crippen molar-refractivity contribution in [3.63, 3.8) is 0 Å². The maximum Gasteiger partial charge on any atom is 0.515 e. The number of methoxy groups -OCH3 is 1. The highest BCUT2D eigenvalue weighted by atomic mass is 16.8. The van der Waals surface area contributed by atoms with Crippen LogP contribution in [-0.4, -0.2) is 50.2 Å². The van der Waals surface area contributed by atoms with E-state index in [-0.39, 0.29) is 13.5 Å². The van der Waals surface area contributed by atoms with Gasteiger partial charge < -0.3 is 28.4 Å². The third kappa shape index (κ3) is 5.73. The number of fused-ring (bicyclic) bond motifs is 1. The smallest absolute Gasteiger partial charge is 0.497 e. The van der Waals surface area contributed by atoms with Crippen molar-refractivity contribution < 1.29 is 23.7 Å². The van der Waals surface area contributed by atoms with E-state index in [1.165, 1.54) is 5.56 Å². The van der Waals surface area contributed by atoms with Crippen LogP contribution in [0.25, 0.3) is 10.9 Å². The molecule has 3 aromatic rings. The van der Waals surface area contributed by atoms with Crippen LogP contribution in [0.1, 0.15) is 5.56 Å². The Morgan fingerprint density at radius 1 is 1.07 bits per heavy atom. The van der Waals surface area contributed by atoms with Crippen molar-refractivity contribution in [2.75, 3.05) is 34.5 Å². The van der Waals surface area contributed by atoms with Crippen LogP contribution in [0.5, 0.6) is 11.5 Å². The van der Waals surface area contributed by atoms with Gasteiger partial charge in [0.05, 0.1) is 12.6 Å². The van der Waals surface area contributed by atoms with Crippen LogP contribution in [0.15, 0.2) is 54.7 Å². The van der Waals surface area contributed by atoms with E-state index in [1.54, 1.807) is 31.4 Å². The molecule has 0 saturated heterocycles. The minimum Gasteiger partial charge on any atom is -0.497 e. The fraction of sp³-hybridized carbons (Fsp3) is 0.318. The molecule has 0 aliphatic carbocycles. The standard InChI is InChI=1S/C22H26N2O5/c1-23(2)12-11-17-14-24(21-13-19(26-3)9-10-20(17)21)15-27-16-28-22(25)29-18-7-5-4-6-8-18/h4-10,13-14H,11-12,15-16H2,1-3H3. The molecule has 0 fully saturated rings. The van der Waals surface area contributed by atoms with Gasteiger partial charge in [-0.3, -0.25) is 0 Å². The van der Waals surface area contributed by atoms with E-state index in [2.05, 4.69) is 31.3 Å². The first-order chi connectivity index (χ1) is 14.1. The lowest BCUT2D eigenvalue weighted by atomic mass is 10.1. The molecule has 0 spiro atoms. The number of benzene rings is 2. The molecule has 1 heterocycles. The molecule has 29 heavy (non-hydrogen) atoms. The van der Waals surface area contributed by atoms with Crippen LogP contribution in [0.4, 0.5) is 4.79 Å². The second kappa shape index (κ2) is 9.95. The molecule has 7 nitrogen and oxygen atoms in total. The summed E-state index contributed by atoms with van der Waals surface area (Å²) in [6, 6.07) is 14.7. The van der Waals surface area contributed by atoms with Crippen LogP contribution in [0, 0.1) is 0 Å². The summed E-state index contributed by atoms with van der Waals surface area (Å²) in [4.78, 5) is 13.9. The Morgan fingerprint density at radius 3 is 2.59 bits per heavy atom. The lowest BCUT2D eigenvalue weighted by molar-refractivity contribution is -0.0549.